The van der Waals surface area contributed by atoms with Gasteiger partial charge in [0.05, 0.1) is 27.9 Å². The highest BCUT2D eigenvalue weighted by molar-refractivity contribution is 8.06. The predicted molar refractivity (Wildman–Crippen MR) is 134 cm³/mol. The zero-order valence-electron chi connectivity index (χ0n) is 20.2. The van der Waals surface area contributed by atoms with Crippen LogP contribution in [0.3, 0.4) is 0 Å². The van der Waals surface area contributed by atoms with Crippen LogP contribution < -0.4 is 18.9 Å². The molecule has 10 heteroatoms. The largest absolute Gasteiger partial charge is 0.496 e. The lowest BCUT2D eigenvalue weighted by atomic mass is 10.1. The van der Waals surface area contributed by atoms with E-state index in [9.17, 15) is 13.2 Å². The van der Waals surface area contributed by atoms with Crippen LogP contribution in [0, 0.1) is 0 Å². The smallest absolute Gasteiger partial charge is 0.336 e. The van der Waals surface area contributed by atoms with E-state index in [2.05, 4.69) is 24.3 Å². The number of anilines is 1. The molecule has 0 fully saturated rings. The lowest BCUT2D eigenvalue weighted by Gasteiger charge is -2.18. The number of unbranched alkanes of at least 4 members (excludes halogenated alkanes) is 9. The van der Waals surface area contributed by atoms with Gasteiger partial charge in [-0.1, -0.05) is 64.7 Å². The Morgan fingerprint density at radius 1 is 0.879 bits per heavy atom. The van der Waals surface area contributed by atoms with Crippen LogP contribution in [0.25, 0.3) is 0 Å². The van der Waals surface area contributed by atoms with E-state index in [1.54, 1.807) is 0 Å². The number of carbonyl (C=O) groups is 1. The van der Waals surface area contributed by atoms with E-state index in [4.69, 9.17) is 18.9 Å². The van der Waals surface area contributed by atoms with Crippen molar-refractivity contribution in [3.05, 3.63) is 12.1 Å². The molecular formula is C23H39NO7S2. The van der Waals surface area contributed by atoms with E-state index >= 15 is 0 Å². The summed E-state index contributed by atoms with van der Waals surface area (Å²) in [6.45, 7) is 2.38. The maximum absolute atomic E-state index is 12.7. The van der Waals surface area contributed by atoms with Crippen LogP contribution in [-0.4, -0.2) is 46.9 Å². The van der Waals surface area contributed by atoms with Crippen molar-refractivity contribution in [2.75, 3.05) is 32.7 Å². The molecule has 0 amide bonds. The van der Waals surface area contributed by atoms with Gasteiger partial charge in [0.15, 0.2) is 0 Å². The van der Waals surface area contributed by atoms with Crippen molar-refractivity contribution in [1.82, 2.24) is 0 Å². The van der Waals surface area contributed by atoms with E-state index in [0.29, 0.717) is 12.2 Å². The molecule has 1 N–H and O–H groups in total. The van der Waals surface area contributed by atoms with Crippen LogP contribution in [0.15, 0.2) is 12.1 Å². The van der Waals surface area contributed by atoms with Crippen LogP contribution in [0.5, 0.6) is 17.2 Å². The minimum atomic E-state index is -4.22. The summed E-state index contributed by atoms with van der Waals surface area (Å²) in [7, 11) is 0.00154. The van der Waals surface area contributed by atoms with E-state index in [0.717, 1.165) is 12.8 Å². The Hall–Kier alpha value is -1.81. The molecule has 1 rings (SSSR count). The second-order valence-corrected chi connectivity index (χ2v) is 10.4. The predicted octanol–water partition coefficient (Wildman–Crippen LogP) is 5.17. The zero-order valence-corrected chi connectivity index (χ0v) is 21.9. The van der Waals surface area contributed by atoms with Crippen LogP contribution in [0.1, 0.15) is 71.1 Å². The molecule has 0 spiro atoms. The standard InChI is InChI=1S/C23H39NO7S2/c1-5-6-7-8-9-10-11-12-13-14-15-31-22(25)23(32)33(26,27)24-21-19(29-3)16-18(28-2)17-20(21)30-4/h16-17,23-24,32H,5-15H2,1-4H3. The molecule has 0 aliphatic heterocycles. The fraction of sp³-hybridized carbons (Fsp3) is 0.696. The molecule has 8 nitrogen and oxygen atoms in total. The minimum absolute atomic E-state index is 0.0438. The SMILES string of the molecule is CCCCCCCCCCCCOC(=O)C(S)S(=O)(=O)Nc1c(OC)cc(OC)cc1OC. The second-order valence-electron chi connectivity index (χ2n) is 7.76. The second kappa shape index (κ2) is 15.9. The molecule has 0 aliphatic rings. The normalized spacial score (nSPS) is 12.2. The highest BCUT2D eigenvalue weighted by Gasteiger charge is 2.32. The molecule has 0 bridgehead atoms. The number of carbonyl (C=O) groups excluding carboxylic acids is 1. The van der Waals surface area contributed by atoms with Crippen molar-refractivity contribution in [3.8, 4) is 17.2 Å². The van der Waals surface area contributed by atoms with Gasteiger partial charge in [0.25, 0.3) is 10.0 Å². The first kappa shape index (κ1) is 29.2. The molecule has 0 heterocycles. The number of hydrogen-bond acceptors (Lipinski definition) is 8. The van der Waals surface area contributed by atoms with Gasteiger partial charge in [-0.05, 0) is 6.42 Å². The maximum atomic E-state index is 12.7. The van der Waals surface area contributed by atoms with E-state index in [1.165, 1.54) is 78.4 Å². The van der Waals surface area contributed by atoms with Gasteiger partial charge < -0.3 is 18.9 Å². The number of esters is 1. The Morgan fingerprint density at radius 2 is 1.36 bits per heavy atom. The number of ether oxygens (including phenoxy) is 4. The van der Waals surface area contributed by atoms with Crippen LogP contribution in [-0.2, 0) is 19.6 Å². The average molecular weight is 506 g/mol. The average Bonchev–Trinajstić information content (AvgIpc) is 2.81. The van der Waals surface area contributed by atoms with Gasteiger partial charge in [-0.2, -0.15) is 0 Å². The molecule has 0 aromatic heterocycles. The summed E-state index contributed by atoms with van der Waals surface area (Å²) in [5.41, 5.74) is 0.0438. The molecule has 0 saturated carbocycles. The van der Waals surface area contributed by atoms with Crippen molar-refractivity contribution in [2.45, 2.75) is 75.7 Å². The topological polar surface area (TPSA) is 100 Å². The molecule has 0 aliphatic carbocycles. The van der Waals surface area contributed by atoms with E-state index in [1.807, 2.05) is 0 Å². The van der Waals surface area contributed by atoms with Gasteiger partial charge in [-0.25, -0.2) is 13.2 Å². The summed E-state index contributed by atoms with van der Waals surface area (Å²) in [5.74, 6) is -0.152. The number of rotatable bonds is 18. The Bertz CT molecular complexity index is 790. The number of thiol groups is 1. The molecule has 1 aromatic rings. The highest BCUT2D eigenvalue weighted by Crippen LogP contribution is 2.40. The summed E-state index contributed by atoms with van der Waals surface area (Å²) in [4.78, 5) is 12.2. The lowest BCUT2D eigenvalue weighted by molar-refractivity contribution is -0.141. The monoisotopic (exact) mass is 505 g/mol. The third kappa shape index (κ3) is 10.3. The van der Waals surface area contributed by atoms with Crippen molar-refractivity contribution >= 4 is 34.3 Å². The Balaban J connectivity index is 2.48. The van der Waals surface area contributed by atoms with Crippen molar-refractivity contribution < 1.29 is 32.2 Å². The van der Waals surface area contributed by atoms with Gasteiger partial charge in [-0.15, -0.1) is 12.6 Å². The van der Waals surface area contributed by atoms with Crippen LogP contribution in [0.2, 0.25) is 0 Å². The minimum Gasteiger partial charge on any atom is -0.496 e. The molecule has 0 radical (unpaired) electrons. The van der Waals surface area contributed by atoms with Gasteiger partial charge in [-0.3, -0.25) is 4.72 Å². The number of methoxy groups -OCH3 is 3. The third-order valence-corrected chi connectivity index (χ3v) is 7.51. The van der Waals surface area contributed by atoms with E-state index < -0.39 is 20.6 Å². The van der Waals surface area contributed by atoms with Gasteiger partial charge in [0.1, 0.15) is 22.9 Å². The fourth-order valence-corrected chi connectivity index (χ4v) is 4.42. The summed E-state index contributed by atoms with van der Waals surface area (Å²) in [5, 5.41) is 0. The molecule has 0 saturated heterocycles. The first-order valence-corrected chi connectivity index (χ1v) is 13.5. The summed E-state index contributed by atoms with van der Waals surface area (Å²) < 4.78 is 46.8. The summed E-state index contributed by atoms with van der Waals surface area (Å²) >= 11 is 3.98. The Labute approximate surface area is 204 Å². The van der Waals surface area contributed by atoms with Gasteiger partial charge >= 0.3 is 5.97 Å². The maximum Gasteiger partial charge on any atom is 0.336 e. The van der Waals surface area contributed by atoms with E-state index in [-0.39, 0.29) is 23.8 Å². The molecule has 1 atom stereocenters. The molecule has 1 aromatic carbocycles. The first-order chi connectivity index (χ1) is 15.8. The Kier molecular flexibility index (Phi) is 14.1. The highest BCUT2D eigenvalue weighted by atomic mass is 32.3. The number of nitrogens with one attached hydrogen (secondary N) is 1. The van der Waals surface area contributed by atoms with Crippen LogP contribution >= 0.6 is 12.6 Å². The van der Waals surface area contributed by atoms with Crippen molar-refractivity contribution in [2.24, 2.45) is 0 Å². The molecule has 33 heavy (non-hydrogen) atoms. The van der Waals surface area contributed by atoms with Crippen molar-refractivity contribution in [3.63, 3.8) is 0 Å². The van der Waals surface area contributed by atoms with Crippen LogP contribution in [0.4, 0.5) is 5.69 Å². The quantitative estimate of drug-likeness (QED) is 0.161. The third-order valence-electron chi connectivity index (χ3n) is 5.20. The first-order valence-electron chi connectivity index (χ1n) is 11.5. The summed E-state index contributed by atoms with van der Waals surface area (Å²) in [6.07, 6.45) is 11.5. The van der Waals surface area contributed by atoms with Gasteiger partial charge in [0.2, 0.25) is 4.58 Å². The van der Waals surface area contributed by atoms with Crippen molar-refractivity contribution in [1.29, 1.82) is 0 Å². The Morgan fingerprint density at radius 3 is 1.82 bits per heavy atom. The molecular weight excluding hydrogens is 466 g/mol. The lowest BCUT2D eigenvalue weighted by Crippen LogP contribution is -2.32. The number of hydrogen-bond donors (Lipinski definition) is 2. The molecule has 1 unspecified atom stereocenters. The number of benzene rings is 1. The zero-order chi connectivity index (χ0) is 24.7. The molecule has 190 valence electrons. The summed E-state index contributed by atoms with van der Waals surface area (Å²) in [6, 6.07) is 2.99. The fourth-order valence-electron chi connectivity index (χ4n) is 3.26. The number of sulfonamides is 1. The van der Waals surface area contributed by atoms with Gasteiger partial charge in [0, 0.05) is 12.1 Å².